The van der Waals surface area contributed by atoms with E-state index in [1.807, 2.05) is 43.3 Å². The van der Waals surface area contributed by atoms with Crippen molar-refractivity contribution >= 4 is 35.4 Å². The summed E-state index contributed by atoms with van der Waals surface area (Å²) in [5.41, 5.74) is 4.11. The van der Waals surface area contributed by atoms with E-state index in [0.29, 0.717) is 21.9 Å². The van der Waals surface area contributed by atoms with E-state index in [0.717, 1.165) is 17.6 Å². The van der Waals surface area contributed by atoms with Gasteiger partial charge in [0.25, 0.3) is 5.91 Å². The highest BCUT2D eigenvalue weighted by Gasteiger charge is 2.28. The summed E-state index contributed by atoms with van der Waals surface area (Å²) in [5, 5.41) is 17.4. The molecule has 0 atom stereocenters. The van der Waals surface area contributed by atoms with Crippen LogP contribution in [0.3, 0.4) is 0 Å². The third-order valence-electron chi connectivity index (χ3n) is 3.93. The molecule has 0 aromatic heterocycles. The van der Waals surface area contributed by atoms with Crippen molar-refractivity contribution in [1.29, 1.82) is 0 Å². The molecule has 6 nitrogen and oxygen atoms in total. The normalized spacial score (nSPS) is 15.8. The highest BCUT2D eigenvalue weighted by Crippen LogP contribution is 2.27. The largest absolute Gasteiger partial charge is 0.280 e. The van der Waals surface area contributed by atoms with Gasteiger partial charge in [0.15, 0.2) is 0 Å². The molecule has 1 heterocycles. The lowest BCUT2D eigenvalue weighted by atomic mass is 10.1. The van der Waals surface area contributed by atoms with Crippen molar-refractivity contribution in [2.24, 2.45) is 5.10 Å². The minimum absolute atomic E-state index is 0.184. The molecule has 0 radical (unpaired) electrons. The van der Waals surface area contributed by atoms with Gasteiger partial charge in [-0.2, -0.15) is 10.1 Å². The van der Waals surface area contributed by atoms with Crippen molar-refractivity contribution < 1.29 is 19.4 Å². The summed E-state index contributed by atoms with van der Waals surface area (Å²) in [6.45, 7) is 3.85. The second-order valence-electron chi connectivity index (χ2n) is 5.87. The molecular weight excluding hydrogens is 364 g/mol. The van der Waals surface area contributed by atoms with Crippen LogP contribution in [0.15, 0.2) is 76.3 Å². The molecule has 0 aliphatic carbocycles. The van der Waals surface area contributed by atoms with Gasteiger partial charge in [0.2, 0.25) is 0 Å². The topological polar surface area (TPSA) is 71.4 Å². The zero-order chi connectivity index (χ0) is 19.2. The van der Waals surface area contributed by atoms with Gasteiger partial charge in [-0.25, -0.2) is 5.26 Å². The number of carbonyl (C=O) groups excluding carboxylic acids is 1. The zero-order valence-corrected chi connectivity index (χ0v) is 15.6. The summed E-state index contributed by atoms with van der Waals surface area (Å²) in [4.78, 5) is 13.4. The number of hydrogen-bond acceptors (Lipinski definition) is 6. The molecule has 1 N–H and O–H groups in total. The maximum atomic E-state index is 12.7. The van der Waals surface area contributed by atoms with Crippen LogP contribution in [-0.4, -0.2) is 16.9 Å². The monoisotopic (exact) mass is 382 g/mol. The summed E-state index contributed by atoms with van der Waals surface area (Å²) in [6.07, 6.45) is 5.58. The van der Waals surface area contributed by atoms with E-state index in [9.17, 15) is 4.79 Å². The van der Waals surface area contributed by atoms with Crippen molar-refractivity contribution in [1.82, 2.24) is 0 Å². The first-order valence-electron chi connectivity index (χ1n) is 8.18. The maximum absolute atomic E-state index is 12.7. The van der Waals surface area contributed by atoms with Crippen molar-refractivity contribution in [3.8, 4) is 0 Å². The number of anilines is 1. The molecule has 1 amide bonds. The van der Waals surface area contributed by atoms with Crippen LogP contribution in [0.2, 0.25) is 0 Å². The standard InChI is InChI=1S/C20H18N2O4S/c1-14-6-8-16(9-7-14)4-3-5-19-15(2)21-22(20(19)23)17-10-12-18(13-11-17)27-26-25-24/h3-13,24H,1-2H3/b4-3+,19-5+. The highest BCUT2D eigenvalue weighted by atomic mass is 32.2. The minimum atomic E-state index is -0.184. The number of benzene rings is 2. The van der Waals surface area contributed by atoms with Gasteiger partial charge in [0.05, 0.1) is 29.0 Å². The molecule has 0 bridgehead atoms. The van der Waals surface area contributed by atoms with Crippen molar-refractivity contribution in [2.45, 2.75) is 18.7 Å². The van der Waals surface area contributed by atoms with Gasteiger partial charge in [-0.15, -0.1) is 4.33 Å². The Morgan fingerprint density at radius 1 is 1.07 bits per heavy atom. The fourth-order valence-corrected chi connectivity index (χ4v) is 2.87. The van der Waals surface area contributed by atoms with Gasteiger partial charge < -0.3 is 0 Å². The van der Waals surface area contributed by atoms with Gasteiger partial charge in [-0.05, 0) is 49.8 Å². The first-order valence-corrected chi connectivity index (χ1v) is 8.92. The van der Waals surface area contributed by atoms with Gasteiger partial charge in [0, 0.05) is 4.90 Å². The molecule has 1 aliphatic rings. The molecule has 0 fully saturated rings. The fraction of sp³-hybridized carbons (Fsp3) is 0.100. The molecule has 2 aromatic carbocycles. The Balaban J connectivity index is 1.72. The quantitative estimate of drug-likeness (QED) is 0.337. The summed E-state index contributed by atoms with van der Waals surface area (Å²) in [5.74, 6) is -0.184. The Morgan fingerprint density at radius 2 is 1.78 bits per heavy atom. The second kappa shape index (κ2) is 8.79. The van der Waals surface area contributed by atoms with E-state index in [-0.39, 0.29) is 5.91 Å². The predicted octanol–water partition coefficient (Wildman–Crippen LogP) is 4.79. The fourth-order valence-electron chi connectivity index (χ4n) is 2.52. The number of nitrogens with zero attached hydrogens (tertiary/aromatic N) is 2. The lowest BCUT2D eigenvalue weighted by Gasteiger charge is -2.11. The van der Waals surface area contributed by atoms with Crippen LogP contribution in [0.5, 0.6) is 0 Å². The van der Waals surface area contributed by atoms with Crippen molar-refractivity contribution in [3.05, 3.63) is 77.4 Å². The third kappa shape index (κ3) is 4.72. The number of amides is 1. The van der Waals surface area contributed by atoms with Crippen LogP contribution < -0.4 is 5.01 Å². The first kappa shape index (κ1) is 19.1. The number of allylic oxidation sites excluding steroid dienone is 2. The SMILES string of the molecule is CC1=NN(c2ccc(SOOO)cc2)C(=O)/C1=C/C=C/c1ccc(C)cc1. The van der Waals surface area contributed by atoms with Crippen LogP contribution in [0, 0.1) is 6.92 Å². The maximum Gasteiger partial charge on any atom is 0.280 e. The first-order chi connectivity index (χ1) is 13.1. The molecule has 7 heteroatoms. The number of aryl methyl sites for hydroxylation is 1. The summed E-state index contributed by atoms with van der Waals surface area (Å²) >= 11 is 0.851. The molecule has 0 spiro atoms. The van der Waals surface area contributed by atoms with Crippen LogP contribution in [0.1, 0.15) is 18.1 Å². The average molecular weight is 382 g/mol. The van der Waals surface area contributed by atoms with Gasteiger partial charge in [-0.1, -0.05) is 47.0 Å². The lowest BCUT2D eigenvalue weighted by molar-refractivity contribution is -0.432. The zero-order valence-electron chi connectivity index (χ0n) is 14.8. The number of hydrogen-bond donors (Lipinski definition) is 1. The molecule has 138 valence electrons. The van der Waals surface area contributed by atoms with E-state index in [1.165, 1.54) is 10.6 Å². The highest BCUT2D eigenvalue weighted by molar-refractivity contribution is 7.94. The molecule has 0 saturated heterocycles. The molecular formula is C20H18N2O4S. The van der Waals surface area contributed by atoms with Crippen LogP contribution in [0.25, 0.3) is 6.08 Å². The van der Waals surface area contributed by atoms with Crippen molar-refractivity contribution in [3.63, 3.8) is 0 Å². The molecule has 1 aliphatic heterocycles. The smallest absolute Gasteiger partial charge is 0.267 e. The van der Waals surface area contributed by atoms with Gasteiger partial charge >= 0.3 is 0 Å². The van der Waals surface area contributed by atoms with Gasteiger partial charge in [0.1, 0.15) is 0 Å². The number of carbonyl (C=O) groups is 1. The number of rotatable bonds is 6. The molecule has 3 rings (SSSR count). The third-order valence-corrected chi connectivity index (χ3v) is 4.53. The Bertz CT molecular complexity index is 903. The average Bonchev–Trinajstić information content (AvgIpc) is 2.96. The summed E-state index contributed by atoms with van der Waals surface area (Å²) in [7, 11) is 0. The Labute approximate surface area is 161 Å². The predicted molar refractivity (Wildman–Crippen MR) is 106 cm³/mol. The Hall–Kier alpha value is -2.71. The Kier molecular flexibility index (Phi) is 6.20. The van der Waals surface area contributed by atoms with E-state index in [2.05, 4.69) is 14.5 Å². The second-order valence-corrected chi connectivity index (χ2v) is 6.65. The summed E-state index contributed by atoms with van der Waals surface area (Å²) in [6, 6.07) is 15.1. The van der Waals surface area contributed by atoms with Gasteiger partial charge in [-0.3, -0.25) is 4.79 Å². The molecule has 2 aromatic rings. The van der Waals surface area contributed by atoms with Crippen LogP contribution in [0.4, 0.5) is 5.69 Å². The molecule has 27 heavy (non-hydrogen) atoms. The minimum Gasteiger partial charge on any atom is -0.267 e. The van der Waals surface area contributed by atoms with E-state index >= 15 is 0 Å². The number of hydrazone groups is 1. The van der Waals surface area contributed by atoms with E-state index < -0.39 is 0 Å². The molecule has 0 saturated carbocycles. The summed E-state index contributed by atoms with van der Waals surface area (Å²) < 4.78 is 4.37. The van der Waals surface area contributed by atoms with E-state index in [4.69, 9.17) is 5.26 Å². The van der Waals surface area contributed by atoms with E-state index in [1.54, 1.807) is 37.3 Å². The molecule has 0 unspecified atom stereocenters. The van der Waals surface area contributed by atoms with Crippen LogP contribution >= 0.6 is 12.0 Å². The lowest BCUT2D eigenvalue weighted by Crippen LogP contribution is -2.21. The van der Waals surface area contributed by atoms with Crippen LogP contribution in [-0.2, 0) is 14.2 Å². The Morgan fingerprint density at radius 3 is 2.44 bits per heavy atom. The van der Waals surface area contributed by atoms with Crippen molar-refractivity contribution in [2.75, 3.05) is 5.01 Å².